The van der Waals surface area contributed by atoms with Gasteiger partial charge in [-0.2, -0.15) is 5.10 Å². The molecule has 0 atom stereocenters. The van der Waals surface area contributed by atoms with Crippen LogP contribution in [0.15, 0.2) is 18.2 Å². The van der Waals surface area contributed by atoms with E-state index in [1.165, 1.54) is 0 Å². The molecular weight excluding hydrogens is 297 g/mol. The van der Waals surface area contributed by atoms with Crippen molar-refractivity contribution >= 4 is 23.2 Å². The molecule has 0 amide bonds. The number of rotatable bonds is 5. The Hall–Kier alpha value is -1.23. The van der Waals surface area contributed by atoms with E-state index in [-0.39, 0.29) is 0 Å². The van der Waals surface area contributed by atoms with E-state index in [1.54, 1.807) is 11.7 Å². The van der Waals surface area contributed by atoms with Crippen molar-refractivity contribution in [1.82, 2.24) is 15.1 Å². The third kappa shape index (κ3) is 3.08. The van der Waals surface area contributed by atoms with Crippen LogP contribution in [0.25, 0.3) is 0 Å². The Morgan fingerprint density at radius 3 is 2.70 bits per heavy atom. The summed E-state index contributed by atoms with van der Waals surface area (Å²) < 4.78 is 7.51. The fourth-order valence-electron chi connectivity index (χ4n) is 2.03. The molecule has 0 aliphatic rings. The molecule has 0 spiro atoms. The summed E-state index contributed by atoms with van der Waals surface area (Å²) in [7, 11) is 3.69. The van der Waals surface area contributed by atoms with Gasteiger partial charge in [0.2, 0.25) is 0 Å². The van der Waals surface area contributed by atoms with E-state index in [1.807, 2.05) is 32.2 Å². The molecule has 1 aromatic carbocycles. The number of ether oxygens (including phenoxy) is 1. The first kappa shape index (κ1) is 15.2. The number of nitrogens with zero attached hydrogens (tertiary/aromatic N) is 2. The van der Waals surface area contributed by atoms with Crippen molar-refractivity contribution in [1.29, 1.82) is 0 Å². The number of para-hydroxylation sites is 1. The molecule has 6 heteroatoms. The van der Waals surface area contributed by atoms with E-state index in [2.05, 4.69) is 10.4 Å². The van der Waals surface area contributed by atoms with Gasteiger partial charge in [-0.3, -0.25) is 4.68 Å². The molecule has 0 saturated heterocycles. The van der Waals surface area contributed by atoms with E-state index in [0.717, 1.165) is 16.8 Å². The largest absolute Gasteiger partial charge is 0.487 e. The van der Waals surface area contributed by atoms with Crippen molar-refractivity contribution in [3.05, 3.63) is 45.2 Å². The van der Waals surface area contributed by atoms with E-state index >= 15 is 0 Å². The SMILES string of the molecule is CNCc1cccc(Cl)c1OCc1c(C)nn(C)c1Cl. The quantitative estimate of drug-likeness (QED) is 0.920. The monoisotopic (exact) mass is 313 g/mol. The zero-order valence-corrected chi connectivity index (χ0v) is 13.2. The van der Waals surface area contributed by atoms with E-state index in [9.17, 15) is 0 Å². The molecular formula is C14H17Cl2N3O. The average molecular weight is 314 g/mol. The zero-order chi connectivity index (χ0) is 14.7. The summed E-state index contributed by atoms with van der Waals surface area (Å²) in [5, 5.41) is 8.54. The molecule has 2 rings (SSSR count). The van der Waals surface area contributed by atoms with Crippen LogP contribution in [0.2, 0.25) is 10.2 Å². The third-order valence-corrected chi connectivity index (χ3v) is 3.82. The second kappa shape index (κ2) is 6.48. The van der Waals surface area contributed by atoms with Gasteiger partial charge in [0, 0.05) is 24.7 Å². The van der Waals surface area contributed by atoms with Crippen molar-refractivity contribution in [3.8, 4) is 5.75 Å². The Balaban J connectivity index is 2.22. The lowest BCUT2D eigenvalue weighted by molar-refractivity contribution is 0.302. The van der Waals surface area contributed by atoms with Gasteiger partial charge in [0.1, 0.15) is 17.5 Å². The Bertz CT molecular complexity index is 611. The molecule has 0 saturated carbocycles. The molecule has 0 aliphatic carbocycles. The number of aromatic nitrogens is 2. The van der Waals surface area contributed by atoms with Crippen molar-refractivity contribution in [3.63, 3.8) is 0 Å². The maximum Gasteiger partial charge on any atom is 0.142 e. The van der Waals surface area contributed by atoms with Gasteiger partial charge in [-0.15, -0.1) is 0 Å². The van der Waals surface area contributed by atoms with Gasteiger partial charge in [-0.25, -0.2) is 0 Å². The number of aryl methyl sites for hydroxylation is 2. The van der Waals surface area contributed by atoms with Gasteiger partial charge in [0.15, 0.2) is 0 Å². The predicted octanol–water partition coefficient (Wildman–Crippen LogP) is 3.33. The summed E-state index contributed by atoms with van der Waals surface area (Å²) in [6.45, 7) is 2.94. The predicted molar refractivity (Wildman–Crippen MR) is 81.5 cm³/mol. The second-order valence-electron chi connectivity index (χ2n) is 4.53. The lowest BCUT2D eigenvalue weighted by atomic mass is 10.2. The summed E-state index contributed by atoms with van der Waals surface area (Å²) in [6.07, 6.45) is 0. The summed E-state index contributed by atoms with van der Waals surface area (Å²) in [5.41, 5.74) is 2.75. The van der Waals surface area contributed by atoms with Gasteiger partial charge in [-0.1, -0.05) is 35.3 Å². The fraction of sp³-hybridized carbons (Fsp3) is 0.357. The topological polar surface area (TPSA) is 39.1 Å². The maximum absolute atomic E-state index is 6.21. The number of hydrogen-bond donors (Lipinski definition) is 1. The minimum absolute atomic E-state index is 0.346. The van der Waals surface area contributed by atoms with Gasteiger partial charge < -0.3 is 10.1 Å². The lowest BCUT2D eigenvalue weighted by Crippen LogP contribution is -2.08. The summed E-state index contributed by atoms with van der Waals surface area (Å²) in [6, 6.07) is 5.70. The standard InChI is InChI=1S/C14H17Cl2N3O/c1-9-11(14(16)19(3)18-9)8-20-13-10(7-17-2)5-4-6-12(13)15/h4-6,17H,7-8H2,1-3H3. The summed E-state index contributed by atoms with van der Waals surface area (Å²) in [5.74, 6) is 0.683. The summed E-state index contributed by atoms with van der Waals surface area (Å²) >= 11 is 12.4. The van der Waals surface area contributed by atoms with Crippen molar-refractivity contribution in [2.75, 3.05) is 7.05 Å². The fourth-order valence-corrected chi connectivity index (χ4v) is 2.50. The first-order valence-electron chi connectivity index (χ1n) is 6.27. The first-order valence-corrected chi connectivity index (χ1v) is 7.03. The van der Waals surface area contributed by atoms with Crippen LogP contribution in [-0.2, 0) is 20.2 Å². The second-order valence-corrected chi connectivity index (χ2v) is 5.29. The molecule has 1 N–H and O–H groups in total. The number of benzene rings is 1. The minimum Gasteiger partial charge on any atom is -0.487 e. The number of halogens is 2. The van der Waals surface area contributed by atoms with Crippen LogP contribution in [0.1, 0.15) is 16.8 Å². The highest BCUT2D eigenvalue weighted by molar-refractivity contribution is 6.32. The molecule has 1 heterocycles. The lowest BCUT2D eigenvalue weighted by Gasteiger charge is -2.13. The Morgan fingerprint density at radius 2 is 2.10 bits per heavy atom. The van der Waals surface area contributed by atoms with Crippen LogP contribution in [0, 0.1) is 6.92 Å². The Labute approximate surface area is 128 Å². The highest BCUT2D eigenvalue weighted by Gasteiger charge is 2.14. The Kier molecular flexibility index (Phi) is 4.91. The molecule has 108 valence electrons. The number of hydrogen-bond acceptors (Lipinski definition) is 3. The van der Waals surface area contributed by atoms with Crippen molar-refractivity contribution < 1.29 is 4.74 Å². The third-order valence-electron chi connectivity index (χ3n) is 3.05. The van der Waals surface area contributed by atoms with Crippen LogP contribution >= 0.6 is 23.2 Å². The first-order chi connectivity index (χ1) is 9.54. The van der Waals surface area contributed by atoms with Crippen LogP contribution in [0.3, 0.4) is 0 Å². The highest BCUT2D eigenvalue weighted by Crippen LogP contribution is 2.30. The molecule has 0 unspecified atom stereocenters. The molecule has 20 heavy (non-hydrogen) atoms. The number of nitrogens with one attached hydrogen (secondary N) is 1. The van der Waals surface area contributed by atoms with Gasteiger partial charge in [0.25, 0.3) is 0 Å². The minimum atomic E-state index is 0.346. The van der Waals surface area contributed by atoms with Crippen LogP contribution in [-0.4, -0.2) is 16.8 Å². The van der Waals surface area contributed by atoms with Crippen molar-refractivity contribution in [2.45, 2.75) is 20.1 Å². The van der Waals surface area contributed by atoms with Gasteiger partial charge in [0.05, 0.1) is 10.7 Å². The van der Waals surface area contributed by atoms with Gasteiger partial charge in [-0.05, 0) is 20.0 Å². The molecule has 0 radical (unpaired) electrons. The van der Waals surface area contributed by atoms with Crippen LogP contribution in [0.5, 0.6) is 5.75 Å². The molecule has 0 aliphatic heterocycles. The van der Waals surface area contributed by atoms with Gasteiger partial charge >= 0.3 is 0 Å². The zero-order valence-electron chi connectivity index (χ0n) is 11.7. The highest BCUT2D eigenvalue weighted by atomic mass is 35.5. The average Bonchev–Trinajstić information content (AvgIpc) is 2.64. The van der Waals surface area contributed by atoms with E-state index in [4.69, 9.17) is 27.9 Å². The van der Waals surface area contributed by atoms with E-state index < -0.39 is 0 Å². The van der Waals surface area contributed by atoms with E-state index in [0.29, 0.717) is 29.1 Å². The molecule has 4 nitrogen and oxygen atoms in total. The smallest absolute Gasteiger partial charge is 0.142 e. The van der Waals surface area contributed by atoms with Crippen molar-refractivity contribution in [2.24, 2.45) is 7.05 Å². The summed E-state index contributed by atoms with van der Waals surface area (Å²) in [4.78, 5) is 0. The molecule has 2 aromatic rings. The van der Waals surface area contributed by atoms with Crippen LogP contribution in [0.4, 0.5) is 0 Å². The maximum atomic E-state index is 6.21. The Morgan fingerprint density at radius 1 is 1.35 bits per heavy atom. The molecule has 0 bridgehead atoms. The normalized spacial score (nSPS) is 10.8. The molecule has 0 fully saturated rings. The van der Waals surface area contributed by atoms with Crippen LogP contribution < -0.4 is 10.1 Å². The molecule has 1 aromatic heterocycles.